The van der Waals surface area contributed by atoms with Crippen molar-refractivity contribution < 1.29 is 9.50 Å². The fourth-order valence-electron chi connectivity index (χ4n) is 2.43. The quantitative estimate of drug-likeness (QED) is 0.780. The van der Waals surface area contributed by atoms with Crippen molar-refractivity contribution in [3.8, 4) is 10.6 Å². The van der Waals surface area contributed by atoms with Gasteiger partial charge in [0.25, 0.3) is 0 Å². The first-order valence-electron chi connectivity index (χ1n) is 7.28. The van der Waals surface area contributed by atoms with Gasteiger partial charge in [0.05, 0.1) is 34.4 Å². The lowest BCUT2D eigenvalue weighted by atomic mass is 10.1. The second kappa shape index (κ2) is 6.55. The predicted molar refractivity (Wildman–Crippen MR) is 86.7 cm³/mol. The molecule has 0 fully saturated rings. The lowest BCUT2D eigenvalue weighted by Crippen LogP contribution is -2.19. The second-order valence-electron chi connectivity index (χ2n) is 5.46. The maximum absolute atomic E-state index is 12.9. The van der Waals surface area contributed by atoms with Crippen molar-refractivity contribution in [2.45, 2.75) is 32.9 Å². The number of rotatable bonds is 5. The lowest BCUT2D eigenvalue weighted by Gasteiger charge is -2.10. The molecule has 1 atom stereocenters. The van der Waals surface area contributed by atoms with Crippen molar-refractivity contribution in [1.29, 1.82) is 0 Å². The fourth-order valence-corrected chi connectivity index (χ4v) is 3.30. The number of hydrogen-bond acceptors (Lipinski definition) is 5. The first-order valence-corrected chi connectivity index (χ1v) is 8.10. The Kier molecular flexibility index (Phi) is 4.49. The molecule has 0 aliphatic heterocycles. The number of aromatic nitrogens is 4. The van der Waals surface area contributed by atoms with E-state index in [0.717, 1.165) is 26.8 Å². The van der Waals surface area contributed by atoms with E-state index in [1.54, 1.807) is 28.2 Å². The number of halogens is 1. The molecule has 7 heteroatoms. The van der Waals surface area contributed by atoms with Gasteiger partial charge in [-0.25, -0.2) is 14.1 Å². The molecule has 2 aromatic heterocycles. The molecule has 0 spiro atoms. The van der Waals surface area contributed by atoms with Gasteiger partial charge in [-0.15, -0.1) is 16.4 Å². The van der Waals surface area contributed by atoms with E-state index in [2.05, 4.69) is 15.3 Å². The van der Waals surface area contributed by atoms with Crippen LogP contribution in [-0.4, -0.2) is 31.2 Å². The van der Waals surface area contributed by atoms with Gasteiger partial charge in [0.1, 0.15) is 11.5 Å². The van der Waals surface area contributed by atoms with Crippen molar-refractivity contribution in [1.82, 2.24) is 20.0 Å². The second-order valence-corrected chi connectivity index (χ2v) is 6.66. The molecule has 120 valence electrons. The van der Waals surface area contributed by atoms with Crippen LogP contribution in [0, 0.1) is 19.7 Å². The highest BCUT2D eigenvalue weighted by Crippen LogP contribution is 2.27. The number of thiazole rings is 1. The van der Waals surface area contributed by atoms with E-state index in [-0.39, 0.29) is 5.82 Å². The number of aliphatic hydroxyl groups is 1. The minimum Gasteiger partial charge on any atom is -0.391 e. The Balaban J connectivity index is 1.66. The summed E-state index contributed by atoms with van der Waals surface area (Å²) in [5.74, 6) is -0.278. The Labute approximate surface area is 137 Å². The summed E-state index contributed by atoms with van der Waals surface area (Å²) in [5.41, 5.74) is 2.58. The summed E-state index contributed by atoms with van der Waals surface area (Å²) in [4.78, 5) is 5.38. The van der Waals surface area contributed by atoms with Crippen LogP contribution in [0.25, 0.3) is 10.6 Å². The van der Waals surface area contributed by atoms with Gasteiger partial charge in [0.15, 0.2) is 0 Å². The smallest absolute Gasteiger partial charge is 0.124 e. The maximum Gasteiger partial charge on any atom is 0.124 e. The van der Waals surface area contributed by atoms with Crippen molar-refractivity contribution in [3.05, 3.63) is 52.5 Å². The molecule has 0 aliphatic rings. The molecule has 2 heterocycles. The Morgan fingerprint density at radius 3 is 2.65 bits per heavy atom. The predicted octanol–water partition coefficient (Wildman–Crippen LogP) is 2.76. The van der Waals surface area contributed by atoms with Crippen LogP contribution in [0.15, 0.2) is 30.5 Å². The van der Waals surface area contributed by atoms with Crippen LogP contribution in [0.1, 0.15) is 16.3 Å². The number of benzene rings is 1. The molecule has 0 radical (unpaired) electrons. The molecule has 3 rings (SSSR count). The third-order valence-electron chi connectivity index (χ3n) is 3.46. The molecule has 3 aromatic rings. The van der Waals surface area contributed by atoms with Crippen LogP contribution in [0.4, 0.5) is 4.39 Å². The summed E-state index contributed by atoms with van der Waals surface area (Å²) in [7, 11) is 0. The van der Waals surface area contributed by atoms with E-state index in [4.69, 9.17) is 0 Å². The molecule has 1 N–H and O–H groups in total. The maximum atomic E-state index is 12.9. The number of hydrogen-bond donors (Lipinski definition) is 1. The molecule has 5 nitrogen and oxygen atoms in total. The minimum atomic E-state index is -0.612. The van der Waals surface area contributed by atoms with Crippen molar-refractivity contribution in [3.63, 3.8) is 0 Å². The largest absolute Gasteiger partial charge is 0.391 e. The van der Waals surface area contributed by atoms with Gasteiger partial charge in [-0.3, -0.25) is 0 Å². The zero-order chi connectivity index (χ0) is 16.4. The van der Waals surface area contributed by atoms with Crippen molar-refractivity contribution in [2.75, 3.05) is 0 Å². The first kappa shape index (κ1) is 15.8. The Bertz CT molecular complexity index is 797. The van der Waals surface area contributed by atoms with E-state index in [1.165, 1.54) is 12.1 Å². The van der Waals surface area contributed by atoms with E-state index in [9.17, 15) is 9.50 Å². The molecular formula is C16H17FN4OS. The molecule has 0 aliphatic carbocycles. The first-order chi connectivity index (χ1) is 11.0. The van der Waals surface area contributed by atoms with Crippen LogP contribution in [0.3, 0.4) is 0 Å². The number of aryl methyl sites for hydroxylation is 2. The van der Waals surface area contributed by atoms with E-state index < -0.39 is 6.10 Å². The zero-order valence-corrected chi connectivity index (χ0v) is 13.7. The average Bonchev–Trinajstić information content (AvgIpc) is 3.07. The van der Waals surface area contributed by atoms with Gasteiger partial charge in [-0.05, 0) is 31.5 Å². The Morgan fingerprint density at radius 2 is 2.00 bits per heavy atom. The summed E-state index contributed by atoms with van der Waals surface area (Å²) in [5, 5.41) is 19.4. The molecule has 0 saturated heterocycles. The van der Waals surface area contributed by atoms with Gasteiger partial charge in [-0.1, -0.05) is 17.3 Å². The highest BCUT2D eigenvalue weighted by molar-refractivity contribution is 7.15. The minimum absolute atomic E-state index is 0.278. The van der Waals surface area contributed by atoms with E-state index in [0.29, 0.717) is 13.0 Å². The van der Waals surface area contributed by atoms with Gasteiger partial charge >= 0.3 is 0 Å². The summed E-state index contributed by atoms with van der Waals surface area (Å²) >= 11 is 1.58. The molecule has 1 aromatic carbocycles. The number of aliphatic hydroxyl groups excluding tert-OH is 1. The van der Waals surface area contributed by atoms with Crippen LogP contribution in [-0.2, 0) is 13.0 Å². The zero-order valence-electron chi connectivity index (χ0n) is 12.9. The van der Waals surface area contributed by atoms with Crippen LogP contribution < -0.4 is 0 Å². The topological polar surface area (TPSA) is 63.8 Å². The van der Waals surface area contributed by atoms with Crippen molar-refractivity contribution in [2.24, 2.45) is 0 Å². The highest BCUT2D eigenvalue weighted by atomic mass is 32.1. The van der Waals surface area contributed by atoms with E-state index in [1.807, 2.05) is 20.0 Å². The van der Waals surface area contributed by atoms with Gasteiger partial charge in [-0.2, -0.15) is 0 Å². The third-order valence-corrected chi connectivity index (χ3v) is 4.55. The Hall–Kier alpha value is -2.12. The molecule has 0 saturated carbocycles. The van der Waals surface area contributed by atoms with Gasteiger partial charge in [0, 0.05) is 6.42 Å². The monoisotopic (exact) mass is 332 g/mol. The van der Waals surface area contributed by atoms with Gasteiger partial charge < -0.3 is 5.11 Å². The van der Waals surface area contributed by atoms with Crippen LogP contribution >= 0.6 is 11.3 Å². The molecule has 1 unspecified atom stereocenters. The summed E-state index contributed by atoms with van der Waals surface area (Å²) in [6.45, 7) is 4.24. The normalized spacial score (nSPS) is 12.5. The average molecular weight is 332 g/mol. The van der Waals surface area contributed by atoms with Gasteiger partial charge in [0.2, 0.25) is 0 Å². The molecule has 0 amide bonds. The Morgan fingerprint density at radius 1 is 1.26 bits per heavy atom. The standard InChI is InChI=1S/C16H17FN4OS/c1-10-16(23-11(2)18-10)15-9-21(20-19-15)8-14(22)7-12-3-5-13(17)6-4-12/h3-6,9,14,22H,7-8H2,1-2H3. The summed E-state index contributed by atoms with van der Waals surface area (Å²) < 4.78 is 14.5. The molecule has 23 heavy (non-hydrogen) atoms. The SMILES string of the molecule is Cc1nc(C)c(-c2cn(CC(O)Cc3ccc(F)cc3)nn2)s1. The third kappa shape index (κ3) is 3.80. The number of nitrogens with zero attached hydrogens (tertiary/aromatic N) is 4. The van der Waals surface area contributed by atoms with Crippen LogP contribution in [0.2, 0.25) is 0 Å². The van der Waals surface area contributed by atoms with Crippen molar-refractivity contribution >= 4 is 11.3 Å². The summed E-state index contributed by atoms with van der Waals surface area (Å²) in [6, 6.07) is 6.14. The fraction of sp³-hybridized carbons (Fsp3) is 0.312. The highest BCUT2D eigenvalue weighted by Gasteiger charge is 2.13. The summed E-state index contributed by atoms with van der Waals surface area (Å²) in [6.07, 6.45) is 1.64. The van der Waals surface area contributed by atoms with Crippen LogP contribution in [0.5, 0.6) is 0 Å². The lowest BCUT2D eigenvalue weighted by molar-refractivity contribution is 0.148. The molecule has 0 bridgehead atoms. The molecular weight excluding hydrogens is 315 g/mol. The van der Waals surface area contributed by atoms with E-state index >= 15 is 0 Å².